The van der Waals surface area contributed by atoms with Gasteiger partial charge in [-0.15, -0.1) is 4.98 Å². The topological polar surface area (TPSA) is 140 Å². The van der Waals surface area contributed by atoms with Crippen LogP contribution < -0.4 is 20.9 Å². The summed E-state index contributed by atoms with van der Waals surface area (Å²) < 4.78 is 16.2. The molecule has 0 aliphatic rings. The molecule has 34 heavy (non-hydrogen) atoms. The molecule has 0 atom stereocenters. The molecule has 0 unspecified atom stereocenters. The van der Waals surface area contributed by atoms with E-state index < -0.39 is 23.4 Å². The van der Waals surface area contributed by atoms with Gasteiger partial charge in [0, 0.05) is 17.2 Å². The first-order chi connectivity index (χ1) is 16.5. The van der Waals surface area contributed by atoms with Gasteiger partial charge in [-0.05, 0) is 42.8 Å². The highest BCUT2D eigenvalue weighted by molar-refractivity contribution is 5.91. The molecular formula is C24H22N4O6. The number of carbonyl (C=O) groups is 1. The summed E-state index contributed by atoms with van der Waals surface area (Å²) in [6.07, 6.45) is 3.33. The smallest absolute Gasteiger partial charge is 0.353 e. The van der Waals surface area contributed by atoms with Crippen molar-refractivity contribution in [3.8, 4) is 34.3 Å². The largest absolute Gasteiger partial charge is 0.494 e. The van der Waals surface area contributed by atoms with Gasteiger partial charge in [0.05, 0.1) is 12.2 Å². The Kier molecular flexibility index (Phi) is 6.97. The molecule has 2 N–H and O–H groups in total. The Balaban J connectivity index is 1.41. The van der Waals surface area contributed by atoms with Gasteiger partial charge >= 0.3 is 23.4 Å². The normalized spacial score (nSPS) is 10.7. The molecule has 10 nitrogen and oxygen atoms in total. The van der Waals surface area contributed by atoms with E-state index in [1.807, 2.05) is 29.2 Å². The van der Waals surface area contributed by atoms with Gasteiger partial charge in [-0.2, -0.15) is 0 Å². The molecule has 0 bridgehead atoms. The lowest BCUT2D eigenvalue weighted by molar-refractivity contribution is 0.0718. The Bertz CT molecular complexity index is 1340. The van der Waals surface area contributed by atoms with E-state index in [0.29, 0.717) is 18.1 Å². The molecule has 0 saturated carbocycles. The number of nitrogens with one attached hydrogen (secondary N) is 2. The summed E-state index contributed by atoms with van der Waals surface area (Å²) in [5, 5.41) is 4.11. The summed E-state index contributed by atoms with van der Waals surface area (Å²) in [6, 6.07) is 15.3. The van der Waals surface area contributed by atoms with E-state index in [1.54, 1.807) is 18.2 Å². The van der Waals surface area contributed by atoms with E-state index in [-0.39, 0.29) is 5.56 Å². The summed E-state index contributed by atoms with van der Waals surface area (Å²) in [6.45, 7) is 2.85. The first-order valence-electron chi connectivity index (χ1n) is 10.7. The van der Waals surface area contributed by atoms with Crippen molar-refractivity contribution in [2.24, 2.45) is 0 Å². The van der Waals surface area contributed by atoms with Crippen LogP contribution in [0.2, 0.25) is 0 Å². The monoisotopic (exact) mass is 462 g/mol. The lowest BCUT2D eigenvalue weighted by atomic mass is 10.1. The van der Waals surface area contributed by atoms with Crippen molar-refractivity contribution < 1.29 is 18.8 Å². The molecule has 0 aliphatic heterocycles. The Morgan fingerprint density at radius 2 is 1.71 bits per heavy atom. The fourth-order valence-corrected chi connectivity index (χ4v) is 3.15. The third kappa shape index (κ3) is 5.66. The highest BCUT2D eigenvalue weighted by Crippen LogP contribution is 2.27. The van der Waals surface area contributed by atoms with Crippen molar-refractivity contribution in [1.29, 1.82) is 0 Å². The molecule has 0 amide bonds. The van der Waals surface area contributed by atoms with Crippen molar-refractivity contribution in [1.82, 2.24) is 20.1 Å². The quantitative estimate of drug-likeness (QED) is 0.284. The van der Waals surface area contributed by atoms with Gasteiger partial charge in [-0.1, -0.05) is 37.1 Å². The number of esters is 1. The molecule has 0 spiro atoms. The molecule has 0 saturated heterocycles. The van der Waals surface area contributed by atoms with E-state index in [4.69, 9.17) is 14.0 Å². The number of hydrogen-bond acceptors (Lipinski definition) is 8. The predicted molar refractivity (Wildman–Crippen MR) is 123 cm³/mol. The molecule has 2 aromatic heterocycles. The van der Waals surface area contributed by atoms with Crippen LogP contribution in [-0.4, -0.2) is 32.7 Å². The van der Waals surface area contributed by atoms with E-state index >= 15 is 0 Å². The van der Waals surface area contributed by atoms with Crippen molar-refractivity contribution >= 4 is 5.97 Å². The number of ether oxygens (including phenoxy) is 2. The first-order valence-corrected chi connectivity index (χ1v) is 10.7. The second kappa shape index (κ2) is 10.4. The molecule has 10 heteroatoms. The Morgan fingerprint density at radius 1 is 0.971 bits per heavy atom. The van der Waals surface area contributed by atoms with Crippen molar-refractivity contribution in [2.45, 2.75) is 26.2 Å². The fraction of sp³-hybridized carbons (Fsp3) is 0.208. The summed E-state index contributed by atoms with van der Waals surface area (Å²) >= 11 is 0. The summed E-state index contributed by atoms with van der Waals surface area (Å²) in [5.41, 5.74) is 0.636. The Labute approximate surface area is 193 Å². The van der Waals surface area contributed by atoms with E-state index in [2.05, 4.69) is 22.0 Å². The molecule has 0 radical (unpaired) electrons. The maximum absolute atomic E-state index is 12.3. The van der Waals surface area contributed by atoms with Gasteiger partial charge in [0.1, 0.15) is 11.4 Å². The molecular weight excluding hydrogens is 440 g/mol. The van der Waals surface area contributed by atoms with Crippen LogP contribution >= 0.6 is 0 Å². The lowest BCUT2D eigenvalue weighted by Gasteiger charge is -2.05. The number of unbranched alkanes of at least 4 members (excludes halogenated alkanes) is 2. The van der Waals surface area contributed by atoms with Crippen molar-refractivity contribution in [3.63, 3.8) is 0 Å². The minimum atomic E-state index is -0.919. The maximum atomic E-state index is 12.3. The highest BCUT2D eigenvalue weighted by atomic mass is 16.5. The van der Waals surface area contributed by atoms with Gasteiger partial charge in [0.25, 0.3) is 0 Å². The molecule has 0 aliphatic carbocycles. The summed E-state index contributed by atoms with van der Waals surface area (Å²) in [5.74, 6) is 0.625. The number of hydrogen-bond donors (Lipinski definition) is 2. The molecule has 2 aromatic carbocycles. The number of nitrogens with zero attached hydrogens (tertiary/aromatic N) is 2. The summed E-state index contributed by atoms with van der Waals surface area (Å²) in [4.78, 5) is 42.1. The van der Waals surface area contributed by atoms with E-state index in [0.717, 1.165) is 36.1 Å². The number of rotatable bonds is 9. The van der Waals surface area contributed by atoms with Crippen LogP contribution in [0.15, 0.2) is 68.7 Å². The Morgan fingerprint density at radius 3 is 2.41 bits per heavy atom. The van der Waals surface area contributed by atoms with Gasteiger partial charge in [-0.25, -0.2) is 14.4 Å². The average molecular weight is 462 g/mol. The predicted octanol–water partition coefficient (Wildman–Crippen LogP) is 3.57. The van der Waals surface area contributed by atoms with E-state index in [9.17, 15) is 14.4 Å². The number of carbonyl (C=O) groups excluding carboxylic acids is 1. The molecule has 4 rings (SSSR count). The second-order valence-corrected chi connectivity index (χ2v) is 7.42. The van der Waals surface area contributed by atoms with Gasteiger partial charge in [0.2, 0.25) is 0 Å². The van der Waals surface area contributed by atoms with E-state index in [1.165, 1.54) is 12.1 Å². The second-order valence-electron chi connectivity index (χ2n) is 7.42. The van der Waals surface area contributed by atoms with Crippen molar-refractivity contribution in [3.05, 3.63) is 81.1 Å². The van der Waals surface area contributed by atoms with Crippen LogP contribution in [0.3, 0.4) is 0 Å². The number of H-pyrrole nitrogens is 2. The lowest BCUT2D eigenvalue weighted by Crippen LogP contribution is -2.26. The molecule has 2 heterocycles. The third-order valence-electron chi connectivity index (χ3n) is 4.92. The maximum Gasteiger partial charge on any atom is 0.353 e. The number of aromatic nitrogens is 4. The van der Waals surface area contributed by atoms with Gasteiger partial charge < -0.3 is 14.0 Å². The van der Waals surface area contributed by atoms with Crippen LogP contribution in [0.25, 0.3) is 22.6 Å². The van der Waals surface area contributed by atoms with Crippen LogP contribution in [-0.2, 0) is 0 Å². The zero-order valence-electron chi connectivity index (χ0n) is 18.4. The van der Waals surface area contributed by atoms with Gasteiger partial charge in [0.15, 0.2) is 5.76 Å². The van der Waals surface area contributed by atoms with Crippen molar-refractivity contribution in [2.75, 3.05) is 6.61 Å². The van der Waals surface area contributed by atoms with Crippen LogP contribution in [0.4, 0.5) is 0 Å². The minimum absolute atomic E-state index is 0.199. The summed E-state index contributed by atoms with van der Waals surface area (Å²) in [7, 11) is 0. The molecule has 4 aromatic rings. The number of benzene rings is 2. The zero-order valence-corrected chi connectivity index (χ0v) is 18.4. The van der Waals surface area contributed by atoms with Crippen LogP contribution in [0.5, 0.6) is 11.8 Å². The third-order valence-corrected chi connectivity index (χ3v) is 4.92. The minimum Gasteiger partial charge on any atom is -0.494 e. The van der Waals surface area contributed by atoms with Crippen LogP contribution in [0.1, 0.15) is 36.5 Å². The van der Waals surface area contributed by atoms with Gasteiger partial charge in [-0.3, -0.25) is 9.97 Å². The zero-order chi connectivity index (χ0) is 23.9. The fourth-order valence-electron chi connectivity index (χ4n) is 3.15. The molecule has 174 valence electrons. The standard InChI is InChI=1S/C24H22N4O6/c1-2-3-4-13-32-18-11-9-16(10-12-18)20-14-19(28-34-20)15-5-7-17(8-6-15)21(29)33-24-26-22(30)25-23(31)27-24/h5-12,14H,2-4,13H2,1H3,(H2,25,26,27,30,31). The molecule has 0 fully saturated rings. The first kappa shape index (κ1) is 22.7. The average Bonchev–Trinajstić information content (AvgIpc) is 3.32. The highest BCUT2D eigenvalue weighted by Gasteiger charge is 2.13. The number of aromatic amines is 2. The SMILES string of the molecule is CCCCCOc1ccc(-c2cc(-c3ccc(C(=O)Oc4nc(=O)[nH]c(=O)[nH]4)cc3)no2)cc1. The Hall–Kier alpha value is -4.47. The van der Waals surface area contributed by atoms with Crippen LogP contribution in [0, 0.1) is 0 Å².